The van der Waals surface area contributed by atoms with Crippen LogP contribution in [0.1, 0.15) is 30.6 Å². The third-order valence-corrected chi connectivity index (χ3v) is 4.83. The molecule has 2 rings (SSSR count). The highest BCUT2D eigenvalue weighted by Crippen LogP contribution is 2.21. The Morgan fingerprint density at radius 3 is 2.75 bits per heavy atom. The highest BCUT2D eigenvalue weighted by molar-refractivity contribution is 14.1. The first kappa shape index (κ1) is 15.7. The van der Waals surface area contributed by atoms with Crippen LogP contribution in [0.2, 0.25) is 0 Å². The van der Waals surface area contributed by atoms with Crippen LogP contribution in [0.15, 0.2) is 18.2 Å². The molecule has 0 aliphatic carbocycles. The zero-order valence-electron chi connectivity index (χ0n) is 11.9. The number of nitrogens with zero attached hydrogens (tertiary/aromatic N) is 2. The number of hydrogen-bond acceptors (Lipinski definition) is 2. The lowest BCUT2D eigenvalue weighted by molar-refractivity contribution is 0.0777. The van der Waals surface area contributed by atoms with Crippen molar-refractivity contribution >= 4 is 28.5 Å². The van der Waals surface area contributed by atoms with Crippen molar-refractivity contribution in [2.75, 3.05) is 26.2 Å². The number of benzene rings is 1. The van der Waals surface area contributed by atoms with Crippen LogP contribution < -0.4 is 0 Å². The molecule has 1 atom stereocenters. The lowest BCUT2D eigenvalue weighted by Gasteiger charge is -2.26. The molecule has 3 nitrogen and oxygen atoms in total. The molecule has 0 N–H and O–H groups in total. The van der Waals surface area contributed by atoms with Crippen molar-refractivity contribution in [1.82, 2.24) is 9.80 Å². The lowest BCUT2D eigenvalue weighted by Crippen LogP contribution is -2.38. The summed E-state index contributed by atoms with van der Waals surface area (Å²) in [4.78, 5) is 16.8. The molecule has 1 fully saturated rings. The molecular weight excluding hydrogens is 370 g/mol. The van der Waals surface area contributed by atoms with Gasteiger partial charge in [0.05, 0.1) is 5.56 Å². The van der Waals surface area contributed by atoms with Gasteiger partial charge in [0, 0.05) is 22.7 Å². The molecule has 1 heterocycles. The lowest BCUT2D eigenvalue weighted by atomic mass is 10.2. The predicted molar refractivity (Wildman–Crippen MR) is 86.3 cm³/mol. The minimum Gasteiger partial charge on any atom is -0.337 e. The van der Waals surface area contributed by atoms with Crippen LogP contribution in [0.4, 0.5) is 4.39 Å². The molecule has 0 aromatic heterocycles. The number of halogens is 2. The number of carbonyl (C=O) groups is 1. The van der Waals surface area contributed by atoms with Crippen LogP contribution in [0.5, 0.6) is 0 Å². The molecule has 110 valence electrons. The van der Waals surface area contributed by atoms with Crippen LogP contribution in [0, 0.1) is 9.39 Å². The van der Waals surface area contributed by atoms with E-state index in [0.29, 0.717) is 15.2 Å². The monoisotopic (exact) mass is 390 g/mol. The van der Waals surface area contributed by atoms with Crippen molar-refractivity contribution in [3.8, 4) is 0 Å². The fraction of sp³-hybridized carbons (Fsp3) is 0.533. The standard InChI is InChI=1S/C15H20FIN2O/c1-3-18(4-2)12-7-8-19(10-12)15(20)13-6-5-11(16)9-14(13)17/h5-6,9,12H,3-4,7-8,10H2,1-2H3. The Labute approximate surface area is 133 Å². The normalized spacial score (nSPS) is 18.9. The zero-order chi connectivity index (χ0) is 14.7. The molecule has 1 aromatic rings. The van der Waals surface area contributed by atoms with Crippen molar-refractivity contribution in [3.05, 3.63) is 33.1 Å². The summed E-state index contributed by atoms with van der Waals surface area (Å²) in [5.41, 5.74) is 0.604. The number of rotatable bonds is 4. The van der Waals surface area contributed by atoms with Gasteiger partial charge in [0.1, 0.15) is 5.82 Å². The molecule has 1 aromatic carbocycles. The van der Waals surface area contributed by atoms with Gasteiger partial charge in [0.25, 0.3) is 5.91 Å². The maximum Gasteiger partial charge on any atom is 0.254 e. The fourth-order valence-electron chi connectivity index (χ4n) is 2.80. The minimum absolute atomic E-state index is 0.0176. The molecule has 0 saturated carbocycles. The number of amides is 1. The summed E-state index contributed by atoms with van der Waals surface area (Å²) in [5.74, 6) is -0.280. The van der Waals surface area contributed by atoms with Gasteiger partial charge in [0.2, 0.25) is 0 Å². The summed E-state index contributed by atoms with van der Waals surface area (Å²) in [6, 6.07) is 4.80. The fourth-order valence-corrected chi connectivity index (χ4v) is 3.51. The van der Waals surface area contributed by atoms with E-state index in [1.807, 2.05) is 27.5 Å². The van der Waals surface area contributed by atoms with Gasteiger partial charge in [-0.2, -0.15) is 0 Å². The van der Waals surface area contributed by atoms with Crippen molar-refractivity contribution < 1.29 is 9.18 Å². The molecule has 1 saturated heterocycles. The predicted octanol–water partition coefficient (Wildman–Crippen LogP) is 2.99. The first-order valence-electron chi connectivity index (χ1n) is 7.05. The molecule has 20 heavy (non-hydrogen) atoms. The molecule has 0 spiro atoms. The Balaban J connectivity index is 2.08. The second-order valence-corrected chi connectivity index (χ2v) is 6.20. The highest BCUT2D eigenvalue weighted by atomic mass is 127. The third-order valence-electron chi connectivity index (χ3n) is 3.94. The van der Waals surface area contributed by atoms with Crippen LogP contribution in [0.25, 0.3) is 0 Å². The van der Waals surface area contributed by atoms with Gasteiger partial charge in [-0.3, -0.25) is 9.69 Å². The zero-order valence-corrected chi connectivity index (χ0v) is 14.1. The van der Waals surface area contributed by atoms with Gasteiger partial charge < -0.3 is 4.90 Å². The quantitative estimate of drug-likeness (QED) is 0.739. The van der Waals surface area contributed by atoms with Crippen molar-refractivity contribution in [2.45, 2.75) is 26.3 Å². The summed E-state index contributed by atoms with van der Waals surface area (Å²) < 4.78 is 13.8. The van der Waals surface area contributed by atoms with E-state index >= 15 is 0 Å². The van der Waals surface area contributed by atoms with Crippen LogP contribution >= 0.6 is 22.6 Å². The SMILES string of the molecule is CCN(CC)C1CCN(C(=O)c2ccc(F)cc2I)C1. The summed E-state index contributed by atoms with van der Waals surface area (Å²) in [7, 11) is 0. The van der Waals surface area contributed by atoms with Gasteiger partial charge in [-0.15, -0.1) is 0 Å². The highest BCUT2D eigenvalue weighted by Gasteiger charge is 2.30. The Hall–Kier alpha value is -0.690. The first-order chi connectivity index (χ1) is 9.56. The van der Waals surface area contributed by atoms with Gasteiger partial charge >= 0.3 is 0 Å². The number of likely N-dealkylation sites (N-methyl/N-ethyl adjacent to an activating group) is 1. The molecule has 1 amide bonds. The topological polar surface area (TPSA) is 23.6 Å². The molecule has 0 radical (unpaired) electrons. The molecular formula is C15H20FIN2O. The summed E-state index contributed by atoms with van der Waals surface area (Å²) in [6.45, 7) is 7.88. The number of carbonyl (C=O) groups excluding carboxylic acids is 1. The Morgan fingerprint density at radius 1 is 1.45 bits per heavy atom. The number of hydrogen-bond donors (Lipinski definition) is 0. The first-order valence-corrected chi connectivity index (χ1v) is 8.13. The summed E-state index contributed by atoms with van der Waals surface area (Å²) in [5, 5.41) is 0. The Morgan fingerprint density at radius 2 is 2.15 bits per heavy atom. The van der Waals surface area contributed by atoms with Crippen molar-refractivity contribution in [2.24, 2.45) is 0 Å². The third kappa shape index (κ3) is 3.31. The number of likely N-dealkylation sites (tertiary alicyclic amines) is 1. The summed E-state index contributed by atoms with van der Waals surface area (Å²) >= 11 is 2.02. The van der Waals surface area contributed by atoms with E-state index in [0.717, 1.165) is 32.6 Å². The molecule has 1 aliphatic heterocycles. The average Bonchev–Trinajstić information content (AvgIpc) is 2.89. The van der Waals surface area contributed by atoms with Crippen molar-refractivity contribution in [3.63, 3.8) is 0 Å². The van der Waals surface area contributed by atoms with E-state index in [4.69, 9.17) is 0 Å². The maximum absolute atomic E-state index is 13.1. The van der Waals surface area contributed by atoms with E-state index in [2.05, 4.69) is 18.7 Å². The minimum atomic E-state index is -0.298. The van der Waals surface area contributed by atoms with Crippen LogP contribution in [0.3, 0.4) is 0 Å². The van der Waals surface area contributed by atoms with E-state index in [-0.39, 0.29) is 11.7 Å². The summed E-state index contributed by atoms with van der Waals surface area (Å²) in [6.07, 6.45) is 1.02. The largest absolute Gasteiger partial charge is 0.337 e. The van der Waals surface area contributed by atoms with E-state index in [9.17, 15) is 9.18 Å². The van der Waals surface area contributed by atoms with E-state index in [1.165, 1.54) is 12.1 Å². The second kappa shape index (κ2) is 6.85. The smallest absolute Gasteiger partial charge is 0.254 e. The van der Waals surface area contributed by atoms with Crippen LogP contribution in [-0.4, -0.2) is 47.9 Å². The van der Waals surface area contributed by atoms with Gasteiger partial charge in [0.15, 0.2) is 0 Å². The maximum atomic E-state index is 13.1. The molecule has 5 heteroatoms. The average molecular weight is 390 g/mol. The second-order valence-electron chi connectivity index (χ2n) is 5.04. The van der Waals surface area contributed by atoms with E-state index < -0.39 is 0 Å². The van der Waals surface area contributed by atoms with Gasteiger partial charge in [-0.25, -0.2) is 4.39 Å². The Kier molecular flexibility index (Phi) is 5.37. The van der Waals surface area contributed by atoms with Gasteiger partial charge in [-0.05, 0) is 60.3 Å². The van der Waals surface area contributed by atoms with Crippen LogP contribution in [-0.2, 0) is 0 Å². The molecule has 0 bridgehead atoms. The molecule has 1 aliphatic rings. The Bertz CT molecular complexity index is 491. The van der Waals surface area contributed by atoms with E-state index in [1.54, 1.807) is 6.07 Å². The van der Waals surface area contributed by atoms with Crippen molar-refractivity contribution in [1.29, 1.82) is 0 Å². The van der Waals surface area contributed by atoms with Gasteiger partial charge in [-0.1, -0.05) is 13.8 Å². The molecule has 1 unspecified atom stereocenters.